The van der Waals surface area contributed by atoms with E-state index >= 15 is 0 Å². The molecular weight excluding hydrogens is 238 g/mol. The van der Waals surface area contributed by atoms with Gasteiger partial charge in [0.15, 0.2) is 0 Å². The largest absolute Gasteiger partial charge is 0.384 e. The molecule has 0 aliphatic rings. The Balaban J connectivity index is 2.56. The monoisotopic (exact) mass is 251 g/mol. The Bertz CT molecular complexity index is 360. The van der Waals surface area contributed by atoms with Crippen molar-refractivity contribution in [3.05, 3.63) is 28.2 Å². The third kappa shape index (κ3) is 3.43. The highest BCUT2D eigenvalue weighted by Gasteiger charge is 1.96. The number of nitrogens with one attached hydrogen (secondary N) is 1. The van der Waals surface area contributed by atoms with Gasteiger partial charge < -0.3 is 5.32 Å². The van der Waals surface area contributed by atoms with Crippen LogP contribution in [0.3, 0.4) is 0 Å². The molecule has 0 atom stereocenters. The molecule has 0 spiro atoms. The minimum atomic E-state index is 0.891. The highest BCUT2D eigenvalue weighted by atomic mass is 79.9. The summed E-state index contributed by atoms with van der Waals surface area (Å²) in [6.45, 7) is 4.86. The molecule has 1 rings (SSSR count). The Morgan fingerprint density at radius 2 is 2.21 bits per heavy atom. The zero-order valence-corrected chi connectivity index (χ0v) is 10.1. The van der Waals surface area contributed by atoms with Gasteiger partial charge in [0.1, 0.15) is 0 Å². The second-order valence-corrected chi connectivity index (χ2v) is 3.98. The first-order chi connectivity index (χ1) is 6.74. The summed E-state index contributed by atoms with van der Waals surface area (Å²) in [5.74, 6) is 5.91. The molecule has 0 amide bonds. The van der Waals surface area contributed by atoms with Gasteiger partial charge in [0.25, 0.3) is 0 Å². The fourth-order valence-electron chi connectivity index (χ4n) is 1.17. The van der Waals surface area contributed by atoms with Gasteiger partial charge in [-0.2, -0.15) is 0 Å². The van der Waals surface area contributed by atoms with E-state index in [-0.39, 0.29) is 0 Å². The third-order valence-electron chi connectivity index (χ3n) is 1.94. The van der Waals surface area contributed by atoms with Crippen LogP contribution in [0.5, 0.6) is 0 Å². The first-order valence-electron chi connectivity index (χ1n) is 4.63. The Kier molecular flexibility index (Phi) is 4.55. The smallest absolute Gasteiger partial charge is 0.0381 e. The lowest BCUT2D eigenvalue weighted by atomic mass is 10.2. The molecule has 0 saturated carbocycles. The van der Waals surface area contributed by atoms with Crippen molar-refractivity contribution in [2.24, 2.45) is 0 Å². The van der Waals surface area contributed by atoms with Gasteiger partial charge in [0, 0.05) is 23.1 Å². The van der Waals surface area contributed by atoms with Crippen molar-refractivity contribution in [2.75, 3.05) is 11.9 Å². The molecule has 0 bridgehead atoms. The summed E-state index contributed by atoms with van der Waals surface area (Å²) >= 11 is 3.45. The highest BCUT2D eigenvalue weighted by Crippen LogP contribution is 2.20. The SMILES string of the molecule is CC#CCCNc1cc(Br)ccc1C. The average molecular weight is 252 g/mol. The Labute approximate surface area is 94.0 Å². The topological polar surface area (TPSA) is 12.0 Å². The van der Waals surface area contributed by atoms with Gasteiger partial charge >= 0.3 is 0 Å². The molecule has 0 heterocycles. The molecule has 1 aromatic rings. The predicted molar refractivity (Wildman–Crippen MR) is 65.4 cm³/mol. The number of benzene rings is 1. The number of anilines is 1. The summed E-state index contributed by atoms with van der Waals surface area (Å²) in [4.78, 5) is 0. The van der Waals surface area contributed by atoms with E-state index in [9.17, 15) is 0 Å². The van der Waals surface area contributed by atoms with Gasteiger partial charge in [-0.25, -0.2) is 0 Å². The molecule has 2 heteroatoms. The van der Waals surface area contributed by atoms with E-state index in [1.54, 1.807) is 0 Å². The lowest BCUT2D eigenvalue weighted by Crippen LogP contribution is -2.01. The van der Waals surface area contributed by atoms with Crippen molar-refractivity contribution in [3.63, 3.8) is 0 Å². The van der Waals surface area contributed by atoms with Crippen LogP contribution in [0.2, 0.25) is 0 Å². The maximum Gasteiger partial charge on any atom is 0.0381 e. The van der Waals surface area contributed by atoms with Gasteiger partial charge in [-0.1, -0.05) is 22.0 Å². The molecular formula is C12H14BrN. The van der Waals surface area contributed by atoms with Crippen LogP contribution in [0.15, 0.2) is 22.7 Å². The lowest BCUT2D eigenvalue weighted by molar-refractivity contribution is 1.09. The van der Waals surface area contributed by atoms with E-state index in [1.165, 1.54) is 11.3 Å². The Morgan fingerprint density at radius 3 is 2.93 bits per heavy atom. The van der Waals surface area contributed by atoms with E-state index in [1.807, 2.05) is 13.0 Å². The van der Waals surface area contributed by atoms with Crippen LogP contribution >= 0.6 is 15.9 Å². The van der Waals surface area contributed by atoms with E-state index in [2.05, 4.69) is 52.1 Å². The van der Waals surface area contributed by atoms with Gasteiger partial charge in [-0.05, 0) is 31.5 Å². The molecule has 1 nitrogen and oxygen atoms in total. The number of halogens is 1. The van der Waals surface area contributed by atoms with E-state index in [4.69, 9.17) is 0 Å². The van der Waals surface area contributed by atoms with E-state index in [0.29, 0.717) is 0 Å². The molecule has 1 aromatic carbocycles. The maximum atomic E-state index is 3.45. The zero-order chi connectivity index (χ0) is 10.4. The molecule has 0 aliphatic carbocycles. The molecule has 0 fully saturated rings. The lowest BCUT2D eigenvalue weighted by Gasteiger charge is -2.08. The minimum Gasteiger partial charge on any atom is -0.384 e. The molecule has 74 valence electrons. The predicted octanol–water partition coefficient (Wildman–Crippen LogP) is 3.58. The van der Waals surface area contributed by atoms with Crippen LogP contribution in [-0.2, 0) is 0 Å². The molecule has 0 saturated heterocycles. The fourth-order valence-corrected chi connectivity index (χ4v) is 1.53. The Hall–Kier alpha value is -0.940. The number of hydrogen-bond acceptors (Lipinski definition) is 1. The third-order valence-corrected chi connectivity index (χ3v) is 2.44. The summed E-state index contributed by atoms with van der Waals surface area (Å²) in [6, 6.07) is 6.24. The van der Waals surface area contributed by atoms with Crippen LogP contribution < -0.4 is 5.32 Å². The van der Waals surface area contributed by atoms with Gasteiger partial charge in [0.05, 0.1) is 0 Å². The fraction of sp³-hybridized carbons (Fsp3) is 0.333. The van der Waals surface area contributed by atoms with Crippen LogP contribution in [0.4, 0.5) is 5.69 Å². The first-order valence-corrected chi connectivity index (χ1v) is 5.43. The normalized spacial score (nSPS) is 9.07. The van der Waals surface area contributed by atoms with Crippen LogP contribution in [-0.4, -0.2) is 6.54 Å². The van der Waals surface area contributed by atoms with Crippen molar-refractivity contribution >= 4 is 21.6 Å². The van der Waals surface area contributed by atoms with Crippen LogP contribution in [0, 0.1) is 18.8 Å². The molecule has 0 aliphatic heterocycles. The van der Waals surface area contributed by atoms with Crippen molar-refractivity contribution in [3.8, 4) is 11.8 Å². The molecule has 0 radical (unpaired) electrons. The van der Waals surface area contributed by atoms with E-state index in [0.717, 1.165) is 17.4 Å². The van der Waals surface area contributed by atoms with Crippen LogP contribution in [0.1, 0.15) is 18.9 Å². The standard InChI is InChI=1S/C12H14BrN/c1-3-4-5-8-14-12-9-11(13)7-6-10(12)2/h6-7,9,14H,5,8H2,1-2H3. The summed E-state index contributed by atoms with van der Waals surface area (Å²) in [5.41, 5.74) is 2.44. The molecule has 1 N–H and O–H groups in total. The van der Waals surface area contributed by atoms with Crippen molar-refractivity contribution in [1.29, 1.82) is 0 Å². The second kappa shape index (κ2) is 5.72. The highest BCUT2D eigenvalue weighted by molar-refractivity contribution is 9.10. The zero-order valence-electron chi connectivity index (χ0n) is 8.52. The summed E-state index contributed by atoms with van der Waals surface area (Å²) < 4.78 is 1.10. The molecule has 0 aromatic heterocycles. The van der Waals surface area contributed by atoms with Crippen molar-refractivity contribution < 1.29 is 0 Å². The quantitative estimate of drug-likeness (QED) is 0.640. The number of aryl methyl sites for hydroxylation is 1. The van der Waals surface area contributed by atoms with Crippen molar-refractivity contribution in [2.45, 2.75) is 20.3 Å². The van der Waals surface area contributed by atoms with E-state index < -0.39 is 0 Å². The van der Waals surface area contributed by atoms with Gasteiger partial charge in [-0.15, -0.1) is 11.8 Å². The summed E-state index contributed by atoms with van der Waals surface area (Å²) in [6.07, 6.45) is 0.891. The summed E-state index contributed by atoms with van der Waals surface area (Å²) in [5, 5.41) is 3.36. The van der Waals surface area contributed by atoms with Crippen molar-refractivity contribution in [1.82, 2.24) is 0 Å². The summed E-state index contributed by atoms with van der Waals surface area (Å²) in [7, 11) is 0. The van der Waals surface area contributed by atoms with Gasteiger partial charge in [-0.3, -0.25) is 0 Å². The molecule has 14 heavy (non-hydrogen) atoms. The van der Waals surface area contributed by atoms with Crippen LogP contribution in [0.25, 0.3) is 0 Å². The maximum absolute atomic E-state index is 3.45. The first kappa shape index (κ1) is 11.1. The number of rotatable bonds is 3. The number of hydrogen-bond donors (Lipinski definition) is 1. The van der Waals surface area contributed by atoms with Gasteiger partial charge in [0.2, 0.25) is 0 Å². The average Bonchev–Trinajstić information content (AvgIpc) is 2.18. The minimum absolute atomic E-state index is 0.891. The Morgan fingerprint density at radius 1 is 1.43 bits per heavy atom. The molecule has 0 unspecified atom stereocenters. The second-order valence-electron chi connectivity index (χ2n) is 3.06.